The molecule has 1 aliphatic heterocycles. The number of hydrogen-bond donors (Lipinski definition) is 0. The summed E-state index contributed by atoms with van der Waals surface area (Å²) in [5.41, 5.74) is 2.39. The van der Waals surface area contributed by atoms with Crippen LogP contribution >= 0.6 is 0 Å². The van der Waals surface area contributed by atoms with Crippen LogP contribution in [0.4, 0.5) is 0 Å². The Bertz CT molecular complexity index is 401. The lowest BCUT2D eigenvalue weighted by Gasteiger charge is -2.14. The second-order valence-electron chi connectivity index (χ2n) is 4.34. The van der Waals surface area contributed by atoms with Crippen LogP contribution in [0.15, 0.2) is 18.2 Å². The minimum Gasteiger partial charge on any atom is -0.492 e. The molecule has 2 nitrogen and oxygen atoms in total. The number of fused-ring (bicyclic) bond motifs is 1. The molecule has 0 aromatic heterocycles. The molecule has 0 N–H and O–H groups in total. The highest BCUT2D eigenvalue weighted by Gasteiger charge is 2.31. The monoisotopic (exact) mass is 187 g/mol. The van der Waals surface area contributed by atoms with Crippen LogP contribution in [0, 0.1) is 11.3 Å². The molecular formula is C12H13NO. The van der Waals surface area contributed by atoms with E-state index >= 15 is 0 Å². The molecular weight excluding hydrogens is 174 g/mol. The van der Waals surface area contributed by atoms with Crippen LogP contribution in [-0.2, 0) is 11.8 Å². The highest BCUT2D eigenvalue weighted by atomic mass is 16.5. The van der Waals surface area contributed by atoms with E-state index in [1.54, 1.807) is 0 Å². The van der Waals surface area contributed by atoms with Crippen molar-refractivity contribution in [3.8, 4) is 11.8 Å². The number of nitrogens with zero attached hydrogens (tertiary/aromatic N) is 1. The van der Waals surface area contributed by atoms with Crippen molar-refractivity contribution < 1.29 is 4.74 Å². The molecule has 2 rings (SSSR count). The number of hydrogen-bond acceptors (Lipinski definition) is 2. The molecule has 1 aliphatic rings. The summed E-state index contributed by atoms with van der Waals surface area (Å²) in [4.78, 5) is 0. The minimum atomic E-state index is 0.112. The lowest BCUT2D eigenvalue weighted by Crippen LogP contribution is -2.18. The van der Waals surface area contributed by atoms with Gasteiger partial charge in [0, 0.05) is 11.0 Å². The zero-order valence-electron chi connectivity index (χ0n) is 8.50. The van der Waals surface area contributed by atoms with Crippen LogP contribution in [0.25, 0.3) is 0 Å². The van der Waals surface area contributed by atoms with E-state index in [1.165, 1.54) is 5.56 Å². The van der Waals surface area contributed by atoms with Gasteiger partial charge < -0.3 is 4.74 Å². The van der Waals surface area contributed by atoms with Gasteiger partial charge in [-0.1, -0.05) is 26.0 Å². The Morgan fingerprint density at radius 3 is 3.00 bits per heavy atom. The first-order valence-electron chi connectivity index (χ1n) is 4.77. The molecule has 1 heterocycles. The average Bonchev–Trinajstić information content (AvgIpc) is 2.43. The minimum absolute atomic E-state index is 0.112. The third-order valence-electron chi connectivity index (χ3n) is 2.65. The lowest BCUT2D eigenvalue weighted by molar-refractivity contribution is 0.291. The second-order valence-corrected chi connectivity index (χ2v) is 4.34. The highest BCUT2D eigenvalue weighted by molar-refractivity contribution is 5.45. The van der Waals surface area contributed by atoms with Gasteiger partial charge in [-0.25, -0.2) is 0 Å². The Hall–Kier alpha value is -1.49. The Kier molecular flexibility index (Phi) is 1.96. The molecule has 0 radical (unpaired) electrons. The van der Waals surface area contributed by atoms with Crippen LogP contribution in [0.3, 0.4) is 0 Å². The van der Waals surface area contributed by atoms with Gasteiger partial charge in [-0.15, -0.1) is 0 Å². The van der Waals surface area contributed by atoms with Gasteiger partial charge in [0.1, 0.15) is 5.75 Å². The standard InChI is InChI=1S/C12H13NO/c1-12(2)8-14-11-7-9(5-6-13)3-4-10(11)12/h3-4,7H,5,8H2,1-2H3. The zero-order chi connectivity index (χ0) is 10.2. The Labute approximate surface area is 84.1 Å². The molecule has 0 amide bonds. The Morgan fingerprint density at radius 1 is 1.50 bits per heavy atom. The molecule has 0 bridgehead atoms. The summed E-state index contributed by atoms with van der Waals surface area (Å²) >= 11 is 0. The van der Waals surface area contributed by atoms with Gasteiger partial charge in [0.25, 0.3) is 0 Å². The third kappa shape index (κ3) is 1.35. The van der Waals surface area contributed by atoms with E-state index < -0.39 is 0 Å². The predicted octanol–water partition coefficient (Wildman–Crippen LogP) is 2.42. The fourth-order valence-corrected chi connectivity index (χ4v) is 1.78. The van der Waals surface area contributed by atoms with Crippen LogP contribution in [0.2, 0.25) is 0 Å². The SMILES string of the molecule is CC1(C)COc2cc(CC#N)ccc21. The summed E-state index contributed by atoms with van der Waals surface area (Å²) in [7, 11) is 0. The van der Waals surface area contributed by atoms with Crippen molar-refractivity contribution >= 4 is 0 Å². The molecule has 14 heavy (non-hydrogen) atoms. The molecule has 0 atom stereocenters. The maximum absolute atomic E-state index is 8.58. The predicted molar refractivity (Wildman–Crippen MR) is 54.3 cm³/mol. The normalized spacial score (nSPS) is 16.9. The zero-order valence-corrected chi connectivity index (χ0v) is 8.50. The number of rotatable bonds is 1. The molecule has 72 valence electrons. The molecule has 2 heteroatoms. The van der Waals surface area contributed by atoms with Crippen molar-refractivity contribution in [1.29, 1.82) is 5.26 Å². The maximum Gasteiger partial charge on any atom is 0.123 e. The number of benzene rings is 1. The van der Waals surface area contributed by atoms with E-state index in [2.05, 4.69) is 26.0 Å². The van der Waals surface area contributed by atoms with Gasteiger partial charge in [0.05, 0.1) is 19.1 Å². The van der Waals surface area contributed by atoms with Crippen molar-refractivity contribution in [2.75, 3.05) is 6.61 Å². The quantitative estimate of drug-likeness (QED) is 0.676. The van der Waals surface area contributed by atoms with Gasteiger partial charge in [-0.2, -0.15) is 5.26 Å². The number of nitriles is 1. The molecule has 1 aromatic rings. The van der Waals surface area contributed by atoms with Crippen molar-refractivity contribution in [1.82, 2.24) is 0 Å². The van der Waals surface area contributed by atoms with Crippen LogP contribution in [-0.4, -0.2) is 6.61 Å². The first-order chi connectivity index (χ1) is 6.63. The highest BCUT2D eigenvalue weighted by Crippen LogP contribution is 2.38. The fourth-order valence-electron chi connectivity index (χ4n) is 1.78. The summed E-state index contributed by atoms with van der Waals surface area (Å²) in [6.45, 7) is 5.07. The van der Waals surface area contributed by atoms with Gasteiger partial charge in [0.2, 0.25) is 0 Å². The second kappa shape index (κ2) is 3.02. The largest absolute Gasteiger partial charge is 0.492 e. The maximum atomic E-state index is 8.58. The summed E-state index contributed by atoms with van der Waals surface area (Å²) in [5, 5.41) is 8.58. The smallest absolute Gasteiger partial charge is 0.123 e. The first kappa shape index (κ1) is 9.08. The average molecular weight is 187 g/mol. The van der Waals surface area contributed by atoms with Crippen LogP contribution in [0.5, 0.6) is 5.75 Å². The van der Waals surface area contributed by atoms with Gasteiger partial charge in [-0.05, 0) is 11.6 Å². The van der Waals surface area contributed by atoms with E-state index in [9.17, 15) is 0 Å². The van der Waals surface area contributed by atoms with Crippen molar-refractivity contribution in [2.24, 2.45) is 0 Å². The molecule has 0 fully saturated rings. The van der Waals surface area contributed by atoms with Gasteiger partial charge in [0.15, 0.2) is 0 Å². The van der Waals surface area contributed by atoms with E-state index in [0.717, 1.165) is 17.9 Å². The molecule has 0 saturated carbocycles. The first-order valence-corrected chi connectivity index (χ1v) is 4.77. The van der Waals surface area contributed by atoms with Crippen molar-refractivity contribution in [3.05, 3.63) is 29.3 Å². The Balaban J connectivity index is 2.40. The van der Waals surface area contributed by atoms with E-state index in [4.69, 9.17) is 10.00 Å². The summed E-state index contributed by atoms with van der Waals surface area (Å²) in [6.07, 6.45) is 0.455. The molecule has 1 aromatic carbocycles. The Morgan fingerprint density at radius 2 is 2.29 bits per heavy atom. The molecule has 0 spiro atoms. The molecule has 0 unspecified atom stereocenters. The summed E-state index contributed by atoms with van der Waals surface area (Å²) in [5.74, 6) is 0.947. The van der Waals surface area contributed by atoms with E-state index in [0.29, 0.717) is 6.42 Å². The third-order valence-corrected chi connectivity index (χ3v) is 2.65. The van der Waals surface area contributed by atoms with Gasteiger partial charge in [-0.3, -0.25) is 0 Å². The topological polar surface area (TPSA) is 33.0 Å². The van der Waals surface area contributed by atoms with Gasteiger partial charge >= 0.3 is 0 Å². The fraction of sp³-hybridized carbons (Fsp3) is 0.417. The van der Waals surface area contributed by atoms with E-state index in [1.807, 2.05) is 12.1 Å². The van der Waals surface area contributed by atoms with Crippen molar-refractivity contribution in [3.63, 3.8) is 0 Å². The summed E-state index contributed by atoms with van der Waals surface area (Å²) in [6, 6.07) is 8.21. The van der Waals surface area contributed by atoms with Crippen LogP contribution in [0.1, 0.15) is 25.0 Å². The lowest BCUT2D eigenvalue weighted by atomic mass is 9.86. The molecule has 0 saturated heterocycles. The summed E-state index contributed by atoms with van der Waals surface area (Å²) < 4.78 is 5.59. The van der Waals surface area contributed by atoms with E-state index in [-0.39, 0.29) is 5.41 Å². The van der Waals surface area contributed by atoms with Crippen LogP contribution < -0.4 is 4.74 Å². The number of ether oxygens (including phenoxy) is 1. The van der Waals surface area contributed by atoms with Crippen molar-refractivity contribution in [2.45, 2.75) is 25.7 Å². The molecule has 0 aliphatic carbocycles.